The molecule has 3 rings (SSSR count). The van der Waals surface area contributed by atoms with E-state index in [1.54, 1.807) is 11.8 Å². The second kappa shape index (κ2) is 9.16. The molecule has 2 fully saturated rings. The van der Waals surface area contributed by atoms with Crippen LogP contribution >= 0.6 is 35.8 Å². The van der Waals surface area contributed by atoms with Gasteiger partial charge in [0.2, 0.25) is 5.91 Å². The number of likely N-dealkylation sites (tertiary alicyclic amines) is 1. The normalized spacial score (nSPS) is 23.8. The molecule has 0 bridgehead atoms. The highest BCUT2D eigenvalue weighted by atomic mass is 35.5. The summed E-state index contributed by atoms with van der Waals surface area (Å²) >= 11 is 7.58. The van der Waals surface area contributed by atoms with Gasteiger partial charge in [-0.05, 0) is 55.5 Å². The average molecular weight is 375 g/mol. The van der Waals surface area contributed by atoms with Crippen LogP contribution < -0.4 is 5.32 Å². The molecule has 0 spiro atoms. The molecule has 3 nitrogen and oxygen atoms in total. The van der Waals surface area contributed by atoms with E-state index in [0.717, 1.165) is 61.6 Å². The van der Waals surface area contributed by atoms with Gasteiger partial charge in [-0.1, -0.05) is 23.7 Å². The molecule has 1 aromatic rings. The Hall–Kier alpha value is -0.420. The highest BCUT2D eigenvalue weighted by Gasteiger charge is 2.31. The smallest absolute Gasteiger partial charge is 0.232 e. The average Bonchev–Trinajstić information content (AvgIpc) is 2.87. The molecule has 23 heavy (non-hydrogen) atoms. The maximum atomic E-state index is 12.4. The molecule has 6 heteroatoms. The zero-order chi connectivity index (χ0) is 15.4. The van der Waals surface area contributed by atoms with Crippen LogP contribution in [0.5, 0.6) is 0 Å². The monoisotopic (exact) mass is 374 g/mol. The standard InChI is InChI=1S/C17H23ClN2OS.ClH/c18-16-3-1-13(2-4-16)11-22-12-17(21)20-7-5-14-9-19-10-15(14)6-8-20;/h1-4,14-15,19H,5-12H2;1H/t14-,15+;. The maximum Gasteiger partial charge on any atom is 0.232 e. The van der Waals surface area contributed by atoms with E-state index in [9.17, 15) is 4.79 Å². The predicted octanol–water partition coefficient (Wildman–Crippen LogP) is 3.45. The van der Waals surface area contributed by atoms with E-state index >= 15 is 0 Å². The first-order valence-corrected chi connectivity index (χ1v) is 9.56. The quantitative estimate of drug-likeness (QED) is 0.875. The lowest BCUT2D eigenvalue weighted by molar-refractivity contribution is -0.128. The summed E-state index contributed by atoms with van der Waals surface area (Å²) < 4.78 is 0. The first-order valence-electron chi connectivity index (χ1n) is 8.03. The fraction of sp³-hybridized carbons (Fsp3) is 0.588. The summed E-state index contributed by atoms with van der Waals surface area (Å²) in [6.07, 6.45) is 2.32. The Kier molecular flexibility index (Phi) is 7.54. The number of halogens is 2. The lowest BCUT2D eigenvalue weighted by Crippen LogP contribution is -2.34. The number of amides is 1. The molecule has 0 radical (unpaired) electrons. The van der Waals surface area contributed by atoms with Crippen LogP contribution in [0.15, 0.2) is 24.3 Å². The Morgan fingerprint density at radius 1 is 1.17 bits per heavy atom. The molecule has 1 amide bonds. The van der Waals surface area contributed by atoms with Gasteiger partial charge in [0.05, 0.1) is 5.75 Å². The summed E-state index contributed by atoms with van der Waals surface area (Å²) in [7, 11) is 0. The highest BCUT2D eigenvalue weighted by molar-refractivity contribution is 7.99. The van der Waals surface area contributed by atoms with Crippen molar-refractivity contribution in [1.29, 1.82) is 0 Å². The number of carbonyl (C=O) groups is 1. The van der Waals surface area contributed by atoms with Crippen molar-refractivity contribution in [3.63, 3.8) is 0 Å². The second-order valence-corrected chi connectivity index (χ2v) is 7.68. The number of carbonyl (C=O) groups excluding carboxylic acids is 1. The fourth-order valence-electron chi connectivity index (χ4n) is 3.40. The number of nitrogens with one attached hydrogen (secondary N) is 1. The van der Waals surface area contributed by atoms with Crippen molar-refractivity contribution in [3.8, 4) is 0 Å². The van der Waals surface area contributed by atoms with E-state index in [1.165, 1.54) is 5.56 Å². The summed E-state index contributed by atoms with van der Waals surface area (Å²) in [6.45, 7) is 4.14. The van der Waals surface area contributed by atoms with Crippen LogP contribution in [0.4, 0.5) is 0 Å². The van der Waals surface area contributed by atoms with Crippen molar-refractivity contribution in [1.82, 2.24) is 10.2 Å². The van der Waals surface area contributed by atoms with Crippen molar-refractivity contribution < 1.29 is 4.79 Å². The van der Waals surface area contributed by atoms with E-state index in [0.29, 0.717) is 11.7 Å². The van der Waals surface area contributed by atoms with E-state index < -0.39 is 0 Å². The van der Waals surface area contributed by atoms with Gasteiger partial charge in [0.15, 0.2) is 0 Å². The third-order valence-electron chi connectivity index (χ3n) is 4.78. The topological polar surface area (TPSA) is 32.3 Å². The minimum Gasteiger partial charge on any atom is -0.342 e. The lowest BCUT2D eigenvalue weighted by Gasteiger charge is -2.20. The lowest BCUT2D eigenvalue weighted by atomic mass is 9.92. The summed E-state index contributed by atoms with van der Waals surface area (Å²) in [5.41, 5.74) is 1.22. The van der Waals surface area contributed by atoms with Gasteiger partial charge in [-0.3, -0.25) is 4.79 Å². The van der Waals surface area contributed by atoms with E-state index in [-0.39, 0.29) is 12.4 Å². The van der Waals surface area contributed by atoms with Crippen molar-refractivity contribution in [2.24, 2.45) is 11.8 Å². The molecule has 1 aromatic carbocycles. The van der Waals surface area contributed by atoms with E-state index in [2.05, 4.69) is 10.2 Å². The van der Waals surface area contributed by atoms with Crippen LogP contribution in [-0.4, -0.2) is 42.7 Å². The molecule has 1 N–H and O–H groups in total. The van der Waals surface area contributed by atoms with Crippen LogP contribution in [0.25, 0.3) is 0 Å². The Morgan fingerprint density at radius 2 is 1.78 bits per heavy atom. The number of hydrogen-bond acceptors (Lipinski definition) is 3. The molecule has 128 valence electrons. The highest BCUT2D eigenvalue weighted by Crippen LogP contribution is 2.27. The molecule has 2 atom stereocenters. The summed E-state index contributed by atoms with van der Waals surface area (Å²) in [4.78, 5) is 14.5. The fourth-order valence-corrected chi connectivity index (χ4v) is 4.41. The van der Waals surface area contributed by atoms with Crippen LogP contribution in [-0.2, 0) is 10.5 Å². The Balaban J connectivity index is 0.00000192. The zero-order valence-corrected chi connectivity index (χ0v) is 15.6. The number of nitrogens with zero attached hydrogens (tertiary/aromatic N) is 1. The predicted molar refractivity (Wildman–Crippen MR) is 101 cm³/mol. The molecule has 0 saturated carbocycles. The van der Waals surface area contributed by atoms with Crippen molar-refractivity contribution in [2.75, 3.05) is 31.9 Å². The Morgan fingerprint density at radius 3 is 2.39 bits per heavy atom. The van der Waals surface area contributed by atoms with E-state index in [1.807, 2.05) is 24.3 Å². The molecular formula is C17H24Cl2N2OS. The SMILES string of the molecule is Cl.O=C(CSCc1ccc(Cl)cc1)N1CC[C@@H]2CNC[C@@H]2CC1. The van der Waals surface area contributed by atoms with Crippen molar-refractivity contribution in [2.45, 2.75) is 18.6 Å². The molecule has 2 aliphatic heterocycles. The molecular weight excluding hydrogens is 351 g/mol. The molecule has 2 saturated heterocycles. The second-order valence-electron chi connectivity index (χ2n) is 6.26. The minimum absolute atomic E-state index is 0. The zero-order valence-electron chi connectivity index (χ0n) is 13.2. The van der Waals surface area contributed by atoms with Crippen molar-refractivity contribution in [3.05, 3.63) is 34.9 Å². The molecule has 2 heterocycles. The van der Waals surface area contributed by atoms with Gasteiger partial charge >= 0.3 is 0 Å². The summed E-state index contributed by atoms with van der Waals surface area (Å²) in [5.74, 6) is 3.30. The third kappa shape index (κ3) is 5.28. The largest absolute Gasteiger partial charge is 0.342 e. The maximum absolute atomic E-state index is 12.4. The summed E-state index contributed by atoms with van der Waals surface area (Å²) in [5, 5.41) is 4.23. The first kappa shape index (κ1) is 18.9. The van der Waals surface area contributed by atoms with Gasteiger partial charge < -0.3 is 10.2 Å². The number of fused-ring (bicyclic) bond motifs is 1. The van der Waals surface area contributed by atoms with Crippen molar-refractivity contribution >= 4 is 41.7 Å². The third-order valence-corrected chi connectivity index (χ3v) is 6.02. The first-order chi connectivity index (χ1) is 10.7. The minimum atomic E-state index is 0. The van der Waals surface area contributed by atoms with Gasteiger partial charge in [-0.25, -0.2) is 0 Å². The van der Waals surface area contributed by atoms with Crippen LogP contribution in [0.2, 0.25) is 5.02 Å². The molecule has 2 aliphatic rings. The van der Waals surface area contributed by atoms with Gasteiger partial charge in [0.1, 0.15) is 0 Å². The Labute approximate surface area is 153 Å². The van der Waals surface area contributed by atoms with Gasteiger partial charge in [0.25, 0.3) is 0 Å². The van der Waals surface area contributed by atoms with Crippen LogP contribution in [0, 0.1) is 11.8 Å². The van der Waals surface area contributed by atoms with Gasteiger partial charge in [0, 0.05) is 23.9 Å². The number of thioether (sulfide) groups is 1. The van der Waals surface area contributed by atoms with Gasteiger partial charge in [-0.15, -0.1) is 24.2 Å². The molecule has 0 aromatic heterocycles. The number of benzene rings is 1. The number of hydrogen-bond donors (Lipinski definition) is 1. The molecule has 0 aliphatic carbocycles. The molecule has 0 unspecified atom stereocenters. The van der Waals surface area contributed by atoms with Crippen LogP contribution in [0.1, 0.15) is 18.4 Å². The van der Waals surface area contributed by atoms with Gasteiger partial charge in [-0.2, -0.15) is 0 Å². The number of rotatable bonds is 4. The Bertz CT molecular complexity index is 498. The summed E-state index contributed by atoms with van der Waals surface area (Å²) in [6, 6.07) is 7.86. The van der Waals surface area contributed by atoms with Crippen LogP contribution in [0.3, 0.4) is 0 Å². The van der Waals surface area contributed by atoms with E-state index in [4.69, 9.17) is 11.6 Å².